The van der Waals surface area contributed by atoms with Crippen LogP contribution in [0.3, 0.4) is 0 Å². The highest BCUT2D eigenvalue weighted by Gasteiger charge is 2.15. The summed E-state index contributed by atoms with van der Waals surface area (Å²) in [5.74, 6) is 0. The monoisotopic (exact) mass is 327 g/mol. The fraction of sp³-hybridized carbons (Fsp3) is 0.583. The molecular formula is C12H18BrN5O. The summed E-state index contributed by atoms with van der Waals surface area (Å²) in [5, 5.41) is 22.2. The third kappa shape index (κ3) is 2.87. The zero-order valence-electron chi connectivity index (χ0n) is 11.3. The zero-order valence-corrected chi connectivity index (χ0v) is 12.9. The quantitative estimate of drug-likeness (QED) is 0.912. The van der Waals surface area contributed by atoms with E-state index in [0.29, 0.717) is 18.7 Å². The number of halogens is 1. The summed E-state index contributed by atoms with van der Waals surface area (Å²) in [6.07, 6.45) is 1.87. The predicted molar refractivity (Wildman–Crippen MR) is 74.7 cm³/mol. The van der Waals surface area contributed by atoms with Gasteiger partial charge in [0.1, 0.15) is 5.69 Å². The van der Waals surface area contributed by atoms with Gasteiger partial charge in [0.15, 0.2) is 0 Å². The van der Waals surface area contributed by atoms with E-state index in [4.69, 9.17) is 0 Å². The summed E-state index contributed by atoms with van der Waals surface area (Å²) in [6.45, 7) is 7.32. The Morgan fingerprint density at radius 3 is 2.79 bits per heavy atom. The average molecular weight is 328 g/mol. The average Bonchev–Trinajstić information content (AvgIpc) is 2.98. The Balaban J connectivity index is 2.24. The Labute approximate surface area is 120 Å². The highest BCUT2D eigenvalue weighted by Crippen LogP contribution is 2.22. The van der Waals surface area contributed by atoms with Gasteiger partial charge in [0.2, 0.25) is 0 Å². The summed E-state index contributed by atoms with van der Waals surface area (Å²) in [5.41, 5.74) is 2.63. The van der Waals surface area contributed by atoms with Gasteiger partial charge in [-0.15, -0.1) is 5.10 Å². The van der Waals surface area contributed by atoms with Crippen LogP contribution in [0.15, 0.2) is 10.7 Å². The molecule has 0 aliphatic rings. The normalized spacial score (nSPS) is 12.9. The van der Waals surface area contributed by atoms with Crippen LogP contribution in [-0.2, 0) is 13.1 Å². The van der Waals surface area contributed by atoms with Gasteiger partial charge >= 0.3 is 0 Å². The maximum atomic E-state index is 9.73. The van der Waals surface area contributed by atoms with Crippen molar-refractivity contribution in [3.63, 3.8) is 0 Å². The van der Waals surface area contributed by atoms with Crippen molar-refractivity contribution < 1.29 is 5.11 Å². The van der Waals surface area contributed by atoms with E-state index in [1.807, 2.05) is 18.5 Å². The lowest BCUT2D eigenvalue weighted by Crippen LogP contribution is -2.09. The maximum absolute atomic E-state index is 9.73. The standard InChI is InChI=1S/C12H18BrN5O/c1-4-11(19)9-6-17(16-14-9)7-10-12(13)8(3)15-18(10)5-2/h6,11,19H,4-5,7H2,1-3H3. The first kappa shape index (κ1) is 14.2. The lowest BCUT2D eigenvalue weighted by molar-refractivity contribution is 0.168. The molecule has 2 aromatic heterocycles. The minimum atomic E-state index is -0.546. The van der Waals surface area contributed by atoms with Gasteiger partial charge in [-0.05, 0) is 36.2 Å². The molecule has 0 aromatic carbocycles. The maximum Gasteiger partial charge on any atom is 0.111 e. The number of aryl methyl sites for hydroxylation is 2. The number of aliphatic hydroxyl groups excluding tert-OH is 1. The smallest absolute Gasteiger partial charge is 0.111 e. The molecule has 1 unspecified atom stereocenters. The molecule has 7 heteroatoms. The summed E-state index contributed by atoms with van der Waals surface area (Å²) < 4.78 is 4.67. The molecule has 19 heavy (non-hydrogen) atoms. The number of rotatable bonds is 5. The third-order valence-corrected chi connectivity index (χ3v) is 4.08. The van der Waals surface area contributed by atoms with Crippen molar-refractivity contribution in [2.75, 3.05) is 0 Å². The number of aromatic nitrogens is 5. The van der Waals surface area contributed by atoms with Crippen LogP contribution in [-0.4, -0.2) is 29.9 Å². The summed E-state index contributed by atoms with van der Waals surface area (Å²) in [7, 11) is 0. The second-order valence-corrected chi connectivity index (χ2v) is 5.22. The van der Waals surface area contributed by atoms with Crippen LogP contribution in [0, 0.1) is 6.92 Å². The molecule has 1 atom stereocenters. The van der Waals surface area contributed by atoms with Crippen LogP contribution in [0.2, 0.25) is 0 Å². The van der Waals surface area contributed by atoms with Gasteiger partial charge in [-0.1, -0.05) is 12.1 Å². The van der Waals surface area contributed by atoms with E-state index in [0.717, 1.165) is 22.4 Å². The lowest BCUT2D eigenvalue weighted by atomic mass is 10.2. The first-order chi connectivity index (χ1) is 9.06. The van der Waals surface area contributed by atoms with Gasteiger partial charge in [0.25, 0.3) is 0 Å². The third-order valence-electron chi connectivity index (χ3n) is 3.05. The molecule has 1 N–H and O–H groups in total. The Bertz CT molecular complexity index is 562. The molecule has 0 aliphatic carbocycles. The van der Waals surface area contributed by atoms with Crippen molar-refractivity contribution in [1.82, 2.24) is 24.8 Å². The molecule has 2 heterocycles. The highest BCUT2D eigenvalue weighted by molar-refractivity contribution is 9.10. The van der Waals surface area contributed by atoms with Crippen molar-refractivity contribution in [1.29, 1.82) is 0 Å². The van der Waals surface area contributed by atoms with Crippen LogP contribution in [0.4, 0.5) is 0 Å². The number of hydrogen-bond acceptors (Lipinski definition) is 4. The SMILES string of the molecule is CCC(O)c1cn(Cc2c(Br)c(C)nn2CC)nn1. The van der Waals surface area contributed by atoms with Crippen LogP contribution in [0.25, 0.3) is 0 Å². The predicted octanol–water partition coefficient (Wildman–Crippen LogP) is 2.06. The van der Waals surface area contributed by atoms with Gasteiger partial charge in [-0.2, -0.15) is 5.10 Å². The Morgan fingerprint density at radius 1 is 1.42 bits per heavy atom. The summed E-state index contributed by atoms with van der Waals surface area (Å²) in [4.78, 5) is 0. The Morgan fingerprint density at radius 2 is 2.16 bits per heavy atom. The molecule has 0 amide bonds. The van der Waals surface area contributed by atoms with Crippen molar-refractivity contribution in [3.05, 3.63) is 27.8 Å². The lowest BCUT2D eigenvalue weighted by Gasteiger charge is -2.05. The van der Waals surface area contributed by atoms with E-state index in [1.165, 1.54) is 0 Å². The first-order valence-electron chi connectivity index (χ1n) is 6.36. The van der Waals surface area contributed by atoms with E-state index >= 15 is 0 Å². The summed E-state index contributed by atoms with van der Waals surface area (Å²) in [6, 6.07) is 0. The number of nitrogens with zero attached hydrogens (tertiary/aromatic N) is 5. The van der Waals surface area contributed by atoms with Gasteiger partial charge in [-0.25, -0.2) is 4.68 Å². The summed E-state index contributed by atoms with van der Waals surface area (Å²) >= 11 is 3.55. The molecule has 0 spiro atoms. The van der Waals surface area contributed by atoms with E-state index in [2.05, 4.69) is 38.3 Å². The molecule has 0 fully saturated rings. The second kappa shape index (κ2) is 5.83. The molecule has 0 radical (unpaired) electrons. The fourth-order valence-electron chi connectivity index (χ4n) is 1.93. The van der Waals surface area contributed by atoms with Crippen molar-refractivity contribution in [3.8, 4) is 0 Å². The van der Waals surface area contributed by atoms with Gasteiger partial charge in [0, 0.05) is 6.54 Å². The van der Waals surface area contributed by atoms with Crippen LogP contribution >= 0.6 is 15.9 Å². The van der Waals surface area contributed by atoms with E-state index in [-0.39, 0.29) is 0 Å². The Kier molecular flexibility index (Phi) is 4.36. The van der Waals surface area contributed by atoms with Gasteiger partial charge in [0.05, 0.1) is 34.7 Å². The van der Waals surface area contributed by atoms with Crippen molar-refractivity contribution in [2.45, 2.75) is 46.4 Å². The first-order valence-corrected chi connectivity index (χ1v) is 7.16. The Hall–Kier alpha value is -1.21. The van der Waals surface area contributed by atoms with Crippen LogP contribution in [0.1, 0.15) is 43.5 Å². The second-order valence-electron chi connectivity index (χ2n) is 4.43. The minimum Gasteiger partial charge on any atom is -0.387 e. The van der Waals surface area contributed by atoms with Crippen molar-refractivity contribution >= 4 is 15.9 Å². The number of aliphatic hydroxyl groups is 1. The molecule has 0 aliphatic heterocycles. The van der Waals surface area contributed by atoms with Gasteiger partial charge < -0.3 is 5.11 Å². The largest absolute Gasteiger partial charge is 0.387 e. The zero-order chi connectivity index (χ0) is 14.0. The van der Waals surface area contributed by atoms with E-state index in [1.54, 1.807) is 10.9 Å². The molecule has 2 aromatic rings. The van der Waals surface area contributed by atoms with Crippen LogP contribution < -0.4 is 0 Å². The topological polar surface area (TPSA) is 68.8 Å². The molecule has 0 bridgehead atoms. The molecular weight excluding hydrogens is 310 g/mol. The van der Waals surface area contributed by atoms with E-state index in [9.17, 15) is 5.11 Å². The molecule has 0 saturated heterocycles. The fourth-order valence-corrected chi connectivity index (χ4v) is 2.34. The molecule has 0 saturated carbocycles. The van der Waals surface area contributed by atoms with Crippen molar-refractivity contribution in [2.24, 2.45) is 0 Å². The molecule has 6 nitrogen and oxygen atoms in total. The van der Waals surface area contributed by atoms with Crippen LogP contribution in [0.5, 0.6) is 0 Å². The van der Waals surface area contributed by atoms with E-state index < -0.39 is 6.10 Å². The minimum absolute atomic E-state index is 0.546. The number of hydrogen-bond donors (Lipinski definition) is 1. The molecule has 104 valence electrons. The molecule has 2 rings (SSSR count). The van der Waals surface area contributed by atoms with Gasteiger partial charge in [-0.3, -0.25) is 4.68 Å². The highest BCUT2D eigenvalue weighted by atomic mass is 79.9.